The Morgan fingerprint density at radius 2 is 2.16 bits per heavy atom. The van der Waals surface area contributed by atoms with Gasteiger partial charge in [-0.15, -0.1) is 0 Å². The normalized spacial score (nSPS) is 17.5. The number of hydrogen-bond donors (Lipinski definition) is 2. The molecule has 1 atom stereocenters. The van der Waals surface area contributed by atoms with Gasteiger partial charge in [0.25, 0.3) is 0 Å². The van der Waals surface area contributed by atoms with Gasteiger partial charge >= 0.3 is 5.97 Å². The molecular formula is C18H22N4O3. The van der Waals surface area contributed by atoms with Crippen LogP contribution in [0.3, 0.4) is 0 Å². The molecule has 7 heteroatoms. The second-order valence-electron chi connectivity index (χ2n) is 6.48. The molecule has 1 saturated heterocycles. The molecule has 0 bridgehead atoms. The maximum absolute atomic E-state index is 12.6. The summed E-state index contributed by atoms with van der Waals surface area (Å²) < 4.78 is 1.52. The summed E-state index contributed by atoms with van der Waals surface area (Å²) in [6, 6.07) is 8.71. The van der Waals surface area contributed by atoms with E-state index in [-0.39, 0.29) is 23.9 Å². The van der Waals surface area contributed by atoms with Crippen molar-refractivity contribution in [2.45, 2.75) is 32.2 Å². The van der Waals surface area contributed by atoms with E-state index in [1.54, 1.807) is 24.3 Å². The maximum Gasteiger partial charge on any atom is 0.335 e. The van der Waals surface area contributed by atoms with Gasteiger partial charge in [0.2, 0.25) is 5.91 Å². The van der Waals surface area contributed by atoms with E-state index in [1.165, 1.54) is 4.68 Å². The second-order valence-corrected chi connectivity index (χ2v) is 6.48. The number of hydrogen-bond acceptors (Lipinski definition) is 4. The summed E-state index contributed by atoms with van der Waals surface area (Å²) >= 11 is 0. The molecule has 1 fully saturated rings. The summed E-state index contributed by atoms with van der Waals surface area (Å²) in [5.41, 5.74) is 7.88. The lowest BCUT2D eigenvalue weighted by Gasteiger charge is -2.33. The van der Waals surface area contributed by atoms with Crippen LogP contribution in [-0.2, 0) is 11.3 Å². The monoisotopic (exact) mass is 342 g/mol. The van der Waals surface area contributed by atoms with Crippen molar-refractivity contribution in [3.63, 3.8) is 0 Å². The zero-order valence-electron chi connectivity index (χ0n) is 14.2. The molecule has 1 aromatic carbocycles. The Morgan fingerprint density at radius 1 is 1.36 bits per heavy atom. The minimum atomic E-state index is -0.935. The van der Waals surface area contributed by atoms with Gasteiger partial charge in [-0.2, -0.15) is 5.10 Å². The van der Waals surface area contributed by atoms with Crippen molar-refractivity contribution in [3.05, 3.63) is 47.2 Å². The number of rotatable bonds is 4. The van der Waals surface area contributed by atoms with Gasteiger partial charge in [0.15, 0.2) is 0 Å². The molecule has 0 radical (unpaired) electrons. The van der Waals surface area contributed by atoms with E-state index in [0.717, 1.165) is 24.1 Å². The fourth-order valence-corrected chi connectivity index (χ4v) is 3.32. The van der Waals surface area contributed by atoms with Crippen molar-refractivity contribution < 1.29 is 14.7 Å². The summed E-state index contributed by atoms with van der Waals surface area (Å²) in [5.74, 6) is -0.328. The Kier molecular flexibility index (Phi) is 4.74. The lowest BCUT2D eigenvalue weighted by Crippen LogP contribution is -2.41. The topological polar surface area (TPSA) is 101 Å². The first-order chi connectivity index (χ1) is 11.9. The van der Waals surface area contributed by atoms with Gasteiger partial charge in [0.05, 0.1) is 11.3 Å². The molecule has 0 aliphatic carbocycles. The Labute approximate surface area is 146 Å². The number of carbonyl (C=O) groups excluding carboxylic acids is 1. The number of carboxylic acid groups (broad SMARTS) is 1. The van der Waals surface area contributed by atoms with Gasteiger partial charge in [-0.3, -0.25) is 4.79 Å². The largest absolute Gasteiger partial charge is 0.478 e. The molecule has 1 amide bonds. The number of carbonyl (C=O) groups is 2. The van der Waals surface area contributed by atoms with Gasteiger partial charge in [-0.1, -0.05) is 12.1 Å². The van der Waals surface area contributed by atoms with Crippen LogP contribution in [0.15, 0.2) is 30.3 Å². The second kappa shape index (κ2) is 6.96. The summed E-state index contributed by atoms with van der Waals surface area (Å²) in [6.45, 7) is 3.25. The first-order valence-corrected chi connectivity index (χ1v) is 8.35. The van der Waals surface area contributed by atoms with Gasteiger partial charge in [0.1, 0.15) is 12.4 Å². The molecule has 2 heterocycles. The number of benzene rings is 1. The Hall–Kier alpha value is -2.83. The van der Waals surface area contributed by atoms with Crippen LogP contribution in [0, 0.1) is 6.92 Å². The molecule has 3 rings (SSSR count). The van der Waals surface area contributed by atoms with E-state index in [1.807, 2.05) is 17.9 Å². The summed E-state index contributed by atoms with van der Waals surface area (Å²) in [7, 11) is 0. The van der Waals surface area contributed by atoms with E-state index in [0.29, 0.717) is 18.9 Å². The van der Waals surface area contributed by atoms with E-state index < -0.39 is 5.97 Å². The molecule has 7 nitrogen and oxygen atoms in total. The van der Waals surface area contributed by atoms with Crippen molar-refractivity contribution in [1.29, 1.82) is 0 Å². The van der Waals surface area contributed by atoms with Crippen LogP contribution in [0.5, 0.6) is 0 Å². The van der Waals surface area contributed by atoms with E-state index in [9.17, 15) is 9.59 Å². The van der Waals surface area contributed by atoms with Gasteiger partial charge in [0, 0.05) is 25.1 Å². The Bertz CT molecular complexity index is 799. The lowest BCUT2D eigenvalue weighted by atomic mass is 9.89. The van der Waals surface area contributed by atoms with Crippen LogP contribution in [0.4, 0.5) is 5.82 Å². The summed E-state index contributed by atoms with van der Waals surface area (Å²) in [4.78, 5) is 25.6. The van der Waals surface area contributed by atoms with Crippen LogP contribution in [-0.4, -0.2) is 44.8 Å². The molecular weight excluding hydrogens is 320 g/mol. The smallest absolute Gasteiger partial charge is 0.335 e. The number of aromatic carboxylic acids is 1. The van der Waals surface area contributed by atoms with Gasteiger partial charge in [-0.25, -0.2) is 9.48 Å². The predicted octanol–water partition coefficient (Wildman–Crippen LogP) is 1.88. The molecule has 1 aliphatic heterocycles. The third-order valence-corrected chi connectivity index (χ3v) is 4.60. The number of carboxylic acids is 1. The lowest BCUT2D eigenvalue weighted by molar-refractivity contribution is -0.133. The minimum absolute atomic E-state index is 0.0195. The zero-order chi connectivity index (χ0) is 18.0. The van der Waals surface area contributed by atoms with Gasteiger partial charge < -0.3 is 15.7 Å². The molecule has 1 aliphatic rings. The number of nitrogens with two attached hydrogens (primary N) is 1. The van der Waals surface area contributed by atoms with Crippen LogP contribution in [0.1, 0.15) is 40.4 Å². The number of amides is 1. The fraction of sp³-hybridized carbons (Fsp3) is 0.389. The standard InChI is InChI=1S/C18H22N4O3/c1-12-8-16(19)22(20-12)11-17(23)21-7-3-6-15(10-21)13-4-2-5-14(9-13)18(24)25/h2,4-5,8-9,15H,3,6-7,10-11,19H2,1H3,(H,24,25)/t15-/m1/s1. The Morgan fingerprint density at radius 3 is 2.84 bits per heavy atom. The number of likely N-dealkylation sites (tertiary alicyclic amines) is 1. The van der Waals surface area contributed by atoms with Crippen molar-refractivity contribution >= 4 is 17.7 Å². The summed E-state index contributed by atoms with van der Waals surface area (Å²) in [5, 5.41) is 13.4. The fourth-order valence-electron chi connectivity index (χ4n) is 3.32. The van der Waals surface area contributed by atoms with Crippen molar-refractivity contribution in [2.75, 3.05) is 18.8 Å². The predicted molar refractivity (Wildman–Crippen MR) is 93.3 cm³/mol. The average molecular weight is 342 g/mol. The molecule has 3 N–H and O–H groups in total. The quantitative estimate of drug-likeness (QED) is 0.883. The summed E-state index contributed by atoms with van der Waals surface area (Å²) in [6.07, 6.45) is 1.83. The Balaban J connectivity index is 1.70. The van der Waals surface area contributed by atoms with E-state index in [2.05, 4.69) is 5.10 Å². The highest BCUT2D eigenvalue weighted by molar-refractivity contribution is 5.87. The third kappa shape index (κ3) is 3.81. The molecule has 1 aromatic heterocycles. The highest BCUT2D eigenvalue weighted by Crippen LogP contribution is 2.27. The highest BCUT2D eigenvalue weighted by Gasteiger charge is 2.25. The maximum atomic E-state index is 12.6. The van der Waals surface area contributed by atoms with Crippen LogP contribution >= 0.6 is 0 Å². The van der Waals surface area contributed by atoms with Crippen molar-refractivity contribution in [1.82, 2.24) is 14.7 Å². The average Bonchev–Trinajstić information content (AvgIpc) is 2.92. The van der Waals surface area contributed by atoms with Gasteiger partial charge in [-0.05, 0) is 37.5 Å². The van der Waals surface area contributed by atoms with E-state index in [4.69, 9.17) is 10.8 Å². The van der Waals surface area contributed by atoms with Crippen molar-refractivity contribution in [3.8, 4) is 0 Å². The molecule has 2 aromatic rings. The molecule has 0 saturated carbocycles. The molecule has 132 valence electrons. The first kappa shape index (κ1) is 17.0. The number of nitrogens with zero attached hydrogens (tertiary/aromatic N) is 3. The van der Waals surface area contributed by atoms with Crippen LogP contribution < -0.4 is 5.73 Å². The van der Waals surface area contributed by atoms with Crippen molar-refractivity contribution in [2.24, 2.45) is 0 Å². The highest BCUT2D eigenvalue weighted by atomic mass is 16.4. The third-order valence-electron chi connectivity index (χ3n) is 4.60. The van der Waals surface area contributed by atoms with Crippen LogP contribution in [0.25, 0.3) is 0 Å². The number of nitrogen functional groups attached to an aromatic ring is 1. The number of anilines is 1. The van der Waals surface area contributed by atoms with E-state index >= 15 is 0 Å². The number of aromatic nitrogens is 2. The first-order valence-electron chi connectivity index (χ1n) is 8.35. The number of piperidine rings is 1. The van der Waals surface area contributed by atoms with Crippen LogP contribution in [0.2, 0.25) is 0 Å². The zero-order valence-corrected chi connectivity index (χ0v) is 14.2. The molecule has 0 unspecified atom stereocenters. The SMILES string of the molecule is Cc1cc(N)n(CC(=O)N2CCC[C@@H](c3cccc(C(=O)O)c3)C2)n1. The minimum Gasteiger partial charge on any atom is -0.478 e. The number of aryl methyl sites for hydroxylation is 1. The molecule has 25 heavy (non-hydrogen) atoms. The molecule has 0 spiro atoms.